The van der Waals surface area contributed by atoms with Gasteiger partial charge in [-0.1, -0.05) is 129 Å². The van der Waals surface area contributed by atoms with Crippen molar-refractivity contribution in [1.29, 1.82) is 0 Å². The highest BCUT2D eigenvalue weighted by Crippen LogP contribution is 2.17. The van der Waals surface area contributed by atoms with Crippen LogP contribution in [0, 0.1) is 13.8 Å². The van der Waals surface area contributed by atoms with Crippen molar-refractivity contribution in [3.63, 3.8) is 0 Å². The third kappa shape index (κ3) is 6.20. The summed E-state index contributed by atoms with van der Waals surface area (Å²) in [4.78, 5) is 0. The Bertz CT molecular complexity index is 878. The van der Waals surface area contributed by atoms with Crippen molar-refractivity contribution >= 4 is 19.2 Å². The average Bonchev–Trinajstić information content (AvgIpc) is 2.70. The molecule has 0 heterocycles. The van der Waals surface area contributed by atoms with Gasteiger partial charge in [0.05, 0.1) is 0 Å². The molecule has 134 valence electrons. The normalized spacial score (nSPS) is 10.0. The molecule has 0 saturated carbocycles. The van der Waals surface area contributed by atoms with Crippen LogP contribution >= 0.6 is 8.58 Å². The Morgan fingerprint density at radius 3 is 1.22 bits per heavy atom. The molecule has 4 aromatic carbocycles. The maximum Gasteiger partial charge on any atom is -0.0184 e. The molecule has 4 rings (SSSR count). The molecule has 0 fully saturated rings. The van der Waals surface area contributed by atoms with Crippen LogP contribution in [0.1, 0.15) is 11.1 Å². The number of aryl methyl sites for hydroxylation is 2. The maximum atomic E-state index is 2.26. The first kappa shape index (κ1) is 19.1. The number of rotatable bonds is 3. The van der Waals surface area contributed by atoms with Gasteiger partial charge in [0.25, 0.3) is 0 Å². The van der Waals surface area contributed by atoms with Crippen LogP contribution in [-0.2, 0) is 0 Å². The van der Waals surface area contributed by atoms with E-state index >= 15 is 0 Å². The lowest BCUT2D eigenvalue weighted by molar-refractivity contribution is 1.49. The van der Waals surface area contributed by atoms with Gasteiger partial charge in [0, 0.05) is 0 Å². The topological polar surface area (TPSA) is 0 Å². The molecule has 0 bridgehead atoms. The second-order valence-electron chi connectivity index (χ2n) is 6.60. The fraction of sp³-hybridized carbons (Fsp3) is 0.0769. The van der Waals surface area contributed by atoms with E-state index in [4.69, 9.17) is 0 Å². The highest BCUT2D eigenvalue weighted by atomic mass is 31.1. The molecule has 0 nitrogen and oxygen atoms in total. The van der Waals surface area contributed by atoms with Gasteiger partial charge in [-0.2, -0.15) is 0 Å². The summed E-state index contributed by atoms with van der Waals surface area (Å²) < 4.78 is 0. The smallest absolute Gasteiger partial charge is 0.0184 e. The van der Waals surface area contributed by atoms with E-state index in [2.05, 4.69) is 111 Å². The van der Waals surface area contributed by atoms with Gasteiger partial charge >= 0.3 is 0 Å². The molecule has 0 aliphatic rings. The maximum absolute atomic E-state index is 2.26. The molecule has 4 aromatic rings. The van der Waals surface area contributed by atoms with Gasteiger partial charge in [-0.25, -0.2) is 0 Å². The summed E-state index contributed by atoms with van der Waals surface area (Å²) >= 11 is 0. The van der Waals surface area contributed by atoms with Gasteiger partial charge in [0.2, 0.25) is 0 Å². The SMILES string of the molecule is Cc1cccc(Pc2cccc(C)c2)c1.c1ccc(-c2ccccc2)cc1. The van der Waals surface area contributed by atoms with Gasteiger partial charge in [-0.3, -0.25) is 0 Å². The van der Waals surface area contributed by atoms with Crippen molar-refractivity contribution < 1.29 is 0 Å². The second kappa shape index (κ2) is 9.86. The van der Waals surface area contributed by atoms with Crippen molar-refractivity contribution in [2.45, 2.75) is 13.8 Å². The first-order chi connectivity index (χ1) is 13.2. The second-order valence-corrected chi connectivity index (χ2v) is 8.00. The fourth-order valence-electron chi connectivity index (χ4n) is 2.87. The summed E-state index contributed by atoms with van der Waals surface area (Å²) in [5.74, 6) is 0. The van der Waals surface area contributed by atoms with Crippen LogP contribution in [0.3, 0.4) is 0 Å². The number of benzene rings is 4. The molecule has 0 spiro atoms. The summed E-state index contributed by atoms with van der Waals surface area (Å²) in [7, 11) is 0.770. The predicted molar refractivity (Wildman–Crippen MR) is 122 cm³/mol. The molecule has 0 aliphatic heterocycles. The van der Waals surface area contributed by atoms with Crippen LogP contribution in [0.4, 0.5) is 0 Å². The first-order valence-electron chi connectivity index (χ1n) is 9.21. The Morgan fingerprint density at radius 1 is 0.444 bits per heavy atom. The van der Waals surface area contributed by atoms with Crippen molar-refractivity contribution in [3.05, 3.63) is 120 Å². The summed E-state index contributed by atoms with van der Waals surface area (Å²) in [6.07, 6.45) is 0. The van der Waals surface area contributed by atoms with Crippen molar-refractivity contribution in [1.82, 2.24) is 0 Å². The molecule has 1 heteroatoms. The third-order valence-electron chi connectivity index (χ3n) is 4.21. The largest absolute Gasteiger partial charge is 0.0622 e. The number of hydrogen-bond donors (Lipinski definition) is 0. The Balaban J connectivity index is 0.000000159. The Kier molecular flexibility index (Phi) is 6.97. The molecule has 0 aliphatic carbocycles. The molecule has 0 saturated heterocycles. The van der Waals surface area contributed by atoms with Gasteiger partial charge in [0.15, 0.2) is 0 Å². The average molecular weight is 368 g/mol. The lowest BCUT2D eigenvalue weighted by Gasteiger charge is -2.04. The lowest BCUT2D eigenvalue weighted by atomic mass is 10.1. The lowest BCUT2D eigenvalue weighted by Crippen LogP contribution is -2.03. The molecule has 27 heavy (non-hydrogen) atoms. The molecular formula is C26H25P. The van der Waals surface area contributed by atoms with Crippen LogP contribution in [-0.4, -0.2) is 0 Å². The highest BCUT2D eigenvalue weighted by Gasteiger charge is 1.96. The minimum Gasteiger partial charge on any atom is -0.0622 e. The molecule has 0 radical (unpaired) electrons. The van der Waals surface area contributed by atoms with E-state index in [-0.39, 0.29) is 0 Å². The summed E-state index contributed by atoms with van der Waals surface area (Å²) in [6, 6.07) is 38.3. The zero-order chi connectivity index (χ0) is 18.9. The first-order valence-corrected chi connectivity index (χ1v) is 10.2. The summed E-state index contributed by atoms with van der Waals surface area (Å²) in [5.41, 5.74) is 5.23. The van der Waals surface area contributed by atoms with E-state index in [1.54, 1.807) is 0 Å². The fourth-order valence-corrected chi connectivity index (χ4v) is 4.17. The quantitative estimate of drug-likeness (QED) is 0.373. The minimum absolute atomic E-state index is 0.770. The zero-order valence-corrected chi connectivity index (χ0v) is 16.9. The predicted octanol–water partition coefficient (Wildman–Crippen LogP) is 6.29. The van der Waals surface area contributed by atoms with Gasteiger partial charge in [-0.05, 0) is 35.6 Å². The van der Waals surface area contributed by atoms with Crippen LogP contribution in [0.15, 0.2) is 109 Å². The molecule has 0 amide bonds. The van der Waals surface area contributed by atoms with Gasteiger partial charge in [-0.15, -0.1) is 0 Å². The Hall–Kier alpha value is -2.69. The van der Waals surface area contributed by atoms with Crippen LogP contribution in [0.5, 0.6) is 0 Å². The monoisotopic (exact) mass is 368 g/mol. The minimum atomic E-state index is 0.770. The van der Waals surface area contributed by atoms with Crippen LogP contribution in [0.25, 0.3) is 11.1 Å². The zero-order valence-electron chi connectivity index (χ0n) is 15.9. The van der Waals surface area contributed by atoms with Gasteiger partial charge in [0.1, 0.15) is 0 Å². The van der Waals surface area contributed by atoms with E-state index in [0.29, 0.717) is 0 Å². The summed E-state index contributed by atoms with van der Waals surface area (Å²) in [6.45, 7) is 4.29. The standard InChI is InChI=1S/C14H15P.C12H10/c1-11-5-3-7-13(9-11)15-14-8-4-6-12(2)10-14;1-3-7-11(8-4-1)12-9-5-2-6-10-12/h3-10,15H,1-2H3;1-10H. The molecule has 0 atom stereocenters. The van der Waals surface area contributed by atoms with E-state index in [9.17, 15) is 0 Å². The Morgan fingerprint density at radius 2 is 0.852 bits per heavy atom. The van der Waals surface area contributed by atoms with Crippen LogP contribution < -0.4 is 10.6 Å². The van der Waals surface area contributed by atoms with Crippen LogP contribution in [0.2, 0.25) is 0 Å². The molecule has 0 N–H and O–H groups in total. The number of hydrogen-bond acceptors (Lipinski definition) is 0. The van der Waals surface area contributed by atoms with Crippen molar-refractivity contribution in [2.75, 3.05) is 0 Å². The molecule has 0 unspecified atom stereocenters. The van der Waals surface area contributed by atoms with Crippen molar-refractivity contribution in [3.8, 4) is 11.1 Å². The van der Waals surface area contributed by atoms with E-state index in [1.165, 1.54) is 32.9 Å². The molecular weight excluding hydrogens is 343 g/mol. The molecule has 0 aromatic heterocycles. The van der Waals surface area contributed by atoms with E-state index in [1.807, 2.05) is 12.1 Å². The highest BCUT2D eigenvalue weighted by molar-refractivity contribution is 7.55. The van der Waals surface area contributed by atoms with E-state index in [0.717, 1.165) is 8.58 Å². The third-order valence-corrected chi connectivity index (χ3v) is 5.41. The van der Waals surface area contributed by atoms with Gasteiger partial charge < -0.3 is 0 Å². The van der Waals surface area contributed by atoms with Crippen molar-refractivity contribution in [2.24, 2.45) is 0 Å². The Labute approximate surface area is 164 Å². The van der Waals surface area contributed by atoms with E-state index < -0.39 is 0 Å². The summed E-state index contributed by atoms with van der Waals surface area (Å²) in [5, 5.41) is 2.83.